The standard InChI is InChI=1S/C15H18N4O3/c1-2-10-19-14(16-17-18-19)11-22-15(21)9-8-13(20)12-6-4-3-5-7-12/h3-7H,2,8-11H2,1H3. The fraction of sp³-hybridized carbons (Fsp3) is 0.400. The number of Topliss-reactive ketones (excluding diaryl/α,β-unsaturated/α-hetero) is 1. The zero-order valence-corrected chi connectivity index (χ0v) is 12.4. The fourth-order valence-electron chi connectivity index (χ4n) is 1.91. The van der Waals surface area contributed by atoms with E-state index in [1.807, 2.05) is 13.0 Å². The lowest BCUT2D eigenvalue weighted by atomic mass is 10.1. The second-order valence-corrected chi connectivity index (χ2v) is 4.77. The van der Waals surface area contributed by atoms with Gasteiger partial charge in [0.2, 0.25) is 0 Å². The second-order valence-electron chi connectivity index (χ2n) is 4.77. The van der Waals surface area contributed by atoms with Crippen molar-refractivity contribution in [3.05, 3.63) is 41.7 Å². The Bertz CT molecular complexity index is 625. The van der Waals surface area contributed by atoms with E-state index >= 15 is 0 Å². The first kappa shape index (κ1) is 15.8. The van der Waals surface area contributed by atoms with Gasteiger partial charge in [-0.25, -0.2) is 4.68 Å². The van der Waals surface area contributed by atoms with Crippen molar-refractivity contribution in [3.8, 4) is 0 Å². The van der Waals surface area contributed by atoms with E-state index in [0.29, 0.717) is 17.9 Å². The largest absolute Gasteiger partial charge is 0.457 e. The van der Waals surface area contributed by atoms with E-state index in [0.717, 1.165) is 6.42 Å². The van der Waals surface area contributed by atoms with Crippen LogP contribution >= 0.6 is 0 Å². The summed E-state index contributed by atoms with van der Waals surface area (Å²) in [5.74, 6) is -0.00622. The minimum atomic E-state index is -0.435. The van der Waals surface area contributed by atoms with Crippen LogP contribution < -0.4 is 0 Å². The van der Waals surface area contributed by atoms with Gasteiger partial charge in [-0.2, -0.15) is 0 Å². The molecule has 22 heavy (non-hydrogen) atoms. The molecule has 0 saturated heterocycles. The zero-order valence-electron chi connectivity index (χ0n) is 12.4. The molecule has 0 N–H and O–H groups in total. The molecule has 0 unspecified atom stereocenters. The maximum atomic E-state index is 11.9. The summed E-state index contributed by atoms with van der Waals surface area (Å²) in [4.78, 5) is 23.6. The van der Waals surface area contributed by atoms with Gasteiger partial charge in [0.15, 0.2) is 18.2 Å². The number of aromatic nitrogens is 4. The molecular weight excluding hydrogens is 284 g/mol. The van der Waals surface area contributed by atoms with Crippen molar-refractivity contribution in [2.75, 3.05) is 0 Å². The molecule has 1 heterocycles. The number of aryl methyl sites for hydroxylation is 1. The van der Waals surface area contributed by atoms with Crippen LogP contribution in [-0.4, -0.2) is 32.0 Å². The molecule has 0 saturated carbocycles. The monoisotopic (exact) mass is 302 g/mol. The van der Waals surface area contributed by atoms with Crippen LogP contribution in [0.25, 0.3) is 0 Å². The van der Waals surface area contributed by atoms with E-state index in [4.69, 9.17) is 4.74 Å². The summed E-state index contributed by atoms with van der Waals surface area (Å²) in [6, 6.07) is 8.88. The lowest BCUT2D eigenvalue weighted by Gasteiger charge is -2.05. The number of ether oxygens (including phenoxy) is 1. The Balaban J connectivity index is 1.76. The van der Waals surface area contributed by atoms with Crippen LogP contribution in [0.15, 0.2) is 30.3 Å². The smallest absolute Gasteiger partial charge is 0.306 e. The molecule has 0 aliphatic carbocycles. The summed E-state index contributed by atoms with van der Waals surface area (Å²) in [5.41, 5.74) is 0.599. The molecule has 7 nitrogen and oxygen atoms in total. The van der Waals surface area contributed by atoms with Crippen LogP contribution in [0.3, 0.4) is 0 Å². The summed E-state index contributed by atoms with van der Waals surface area (Å²) in [7, 11) is 0. The van der Waals surface area contributed by atoms with Crippen LogP contribution in [-0.2, 0) is 22.7 Å². The first-order valence-corrected chi connectivity index (χ1v) is 7.19. The second kappa shape index (κ2) is 8.02. The Kier molecular flexibility index (Phi) is 5.76. The van der Waals surface area contributed by atoms with Crippen molar-refractivity contribution in [2.45, 2.75) is 39.3 Å². The number of nitrogens with zero attached hydrogens (tertiary/aromatic N) is 4. The fourth-order valence-corrected chi connectivity index (χ4v) is 1.91. The number of carbonyl (C=O) groups is 2. The maximum absolute atomic E-state index is 11.9. The molecule has 0 spiro atoms. The van der Waals surface area contributed by atoms with Crippen LogP contribution in [0.2, 0.25) is 0 Å². The first-order chi connectivity index (χ1) is 10.7. The van der Waals surface area contributed by atoms with Crippen molar-refractivity contribution in [1.29, 1.82) is 0 Å². The van der Waals surface area contributed by atoms with Gasteiger partial charge in [-0.3, -0.25) is 9.59 Å². The Morgan fingerprint density at radius 2 is 1.95 bits per heavy atom. The van der Waals surface area contributed by atoms with Gasteiger partial charge in [-0.15, -0.1) is 5.10 Å². The Labute approximate surface area is 128 Å². The third-order valence-electron chi connectivity index (χ3n) is 3.06. The number of tetrazole rings is 1. The molecule has 7 heteroatoms. The molecule has 2 aromatic rings. The lowest BCUT2D eigenvalue weighted by molar-refractivity contribution is -0.145. The van der Waals surface area contributed by atoms with Crippen molar-refractivity contribution in [1.82, 2.24) is 20.2 Å². The average molecular weight is 302 g/mol. The van der Waals surface area contributed by atoms with Gasteiger partial charge >= 0.3 is 5.97 Å². The molecule has 0 aliphatic rings. The maximum Gasteiger partial charge on any atom is 0.306 e. The number of hydrogen-bond acceptors (Lipinski definition) is 6. The minimum Gasteiger partial charge on any atom is -0.457 e. The van der Waals surface area contributed by atoms with Crippen LogP contribution in [0.5, 0.6) is 0 Å². The number of rotatable bonds is 8. The number of ketones is 1. The van der Waals surface area contributed by atoms with Gasteiger partial charge in [-0.05, 0) is 16.8 Å². The van der Waals surface area contributed by atoms with Crippen LogP contribution in [0, 0.1) is 0 Å². The molecule has 1 aromatic heterocycles. The molecule has 0 radical (unpaired) electrons. The topological polar surface area (TPSA) is 87.0 Å². The molecule has 0 atom stereocenters. The van der Waals surface area contributed by atoms with E-state index in [1.54, 1.807) is 28.9 Å². The van der Waals surface area contributed by atoms with E-state index in [-0.39, 0.29) is 25.2 Å². The molecule has 0 fully saturated rings. The first-order valence-electron chi connectivity index (χ1n) is 7.19. The van der Waals surface area contributed by atoms with Gasteiger partial charge < -0.3 is 4.74 Å². The Morgan fingerprint density at radius 1 is 1.18 bits per heavy atom. The molecule has 116 valence electrons. The van der Waals surface area contributed by atoms with Crippen LogP contribution in [0.4, 0.5) is 0 Å². The highest BCUT2D eigenvalue weighted by Crippen LogP contribution is 2.06. The van der Waals surface area contributed by atoms with Crippen molar-refractivity contribution in [3.63, 3.8) is 0 Å². The number of carbonyl (C=O) groups excluding carboxylic acids is 2. The third kappa shape index (κ3) is 4.47. The van der Waals surface area contributed by atoms with Gasteiger partial charge in [0.05, 0.1) is 6.42 Å². The number of esters is 1. The normalized spacial score (nSPS) is 10.4. The Morgan fingerprint density at radius 3 is 2.68 bits per heavy atom. The lowest BCUT2D eigenvalue weighted by Crippen LogP contribution is -2.12. The van der Waals surface area contributed by atoms with Crippen LogP contribution in [0.1, 0.15) is 42.4 Å². The van der Waals surface area contributed by atoms with E-state index < -0.39 is 5.97 Å². The summed E-state index contributed by atoms with van der Waals surface area (Å²) in [6.45, 7) is 2.70. The van der Waals surface area contributed by atoms with Crippen molar-refractivity contribution in [2.24, 2.45) is 0 Å². The van der Waals surface area contributed by atoms with E-state index in [9.17, 15) is 9.59 Å². The summed E-state index contributed by atoms with van der Waals surface area (Å²) in [6.07, 6.45) is 1.06. The SMILES string of the molecule is CCCn1nnnc1COC(=O)CCC(=O)c1ccccc1. The quantitative estimate of drug-likeness (QED) is 0.546. The van der Waals surface area contributed by atoms with Crippen molar-refractivity contribution >= 4 is 11.8 Å². The highest BCUT2D eigenvalue weighted by molar-refractivity contribution is 5.97. The van der Waals surface area contributed by atoms with E-state index in [1.165, 1.54) is 0 Å². The third-order valence-corrected chi connectivity index (χ3v) is 3.06. The van der Waals surface area contributed by atoms with Crippen molar-refractivity contribution < 1.29 is 14.3 Å². The van der Waals surface area contributed by atoms with Gasteiger partial charge in [0.25, 0.3) is 0 Å². The van der Waals surface area contributed by atoms with Gasteiger partial charge in [0, 0.05) is 18.5 Å². The number of hydrogen-bond donors (Lipinski definition) is 0. The summed E-state index contributed by atoms with van der Waals surface area (Å²) < 4.78 is 6.70. The predicted octanol–water partition coefficient (Wildman–Crippen LogP) is 1.79. The number of benzene rings is 1. The molecule has 0 bridgehead atoms. The minimum absolute atomic E-state index is 0.0192. The van der Waals surface area contributed by atoms with Gasteiger partial charge in [0.1, 0.15) is 0 Å². The van der Waals surface area contributed by atoms with Gasteiger partial charge in [-0.1, -0.05) is 37.3 Å². The highest BCUT2D eigenvalue weighted by atomic mass is 16.5. The summed E-state index contributed by atoms with van der Waals surface area (Å²) in [5, 5.41) is 11.2. The average Bonchev–Trinajstić information content (AvgIpc) is 2.99. The zero-order chi connectivity index (χ0) is 15.8. The Hall–Kier alpha value is -2.57. The molecule has 0 aliphatic heterocycles. The molecule has 2 rings (SSSR count). The molecule has 0 amide bonds. The summed E-state index contributed by atoms with van der Waals surface area (Å²) >= 11 is 0. The highest BCUT2D eigenvalue weighted by Gasteiger charge is 2.12. The van der Waals surface area contributed by atoms with E-state index in [2.05, 4.69) is 15.5 Å². The molecule has 1 aromatic carbocycles. The predicted molar refractivity (Wildman–Crippen MR) is 77.9 cm³/mol. The molecular formula is C15H18N4O3.